The van der Waals surface area contributed by atoms with Crippen molar-refractivity contribution in [3.8, 4) is 0 Å². The molecule has 0 heterocycles. The highest BCUT2D eigenvalue weighted by Gasteiger charge is 2.63. The second-order valence-corrected chi connectivity index (χ2v) is 11.6. The van der Waals surface area contributed by atoms with Crippen molar-refractivity contribution in [1.82, 2.24) is 5.32 Å². The van der Waals surface area contributed by atoms with Gasteiger partial charge in [-0.15, -0.1) is 0 Å². The van der Waals surface area contributed by atoms with E-state index in [9.17, 15) is 20.2 Å². The maximum Gasteiger partial charge on any atom is 0.223 e. The van der Waals surface area contributed by atoms with Crippen LogP contribution in [0.2, 0.25) is 0 Å². The summed E-state index contributed by atoms with van der Waals surface area (Å²) in [5, 5.41) is 27.0. The Kier molecular flexibility index (Phi) is 3.80. The van der Waals surface area contributed by atoms with Crippen LogP contribution in [0, 0.1) is 55.7 Å². The van der Waals surface area contributed by atoms with E-state index in [4.69, 9.17) is 10.7 Å². The van der Waals surface area contributed by atoms with Crippen LogP contribution in [0.3, 0.4) is 0 Å². The lowest BCUT2D eigenvalue weighted by Crippen LogP contribution is -2.64. The molecule has 4 atom stereocenters. The van der Waals surface area contributed by atoms with Crippen LogP contribution in [0.15, 0.2) is 4.99 Å². The van der Waals surface area contributed by atoms with Gasteiger partial charge in [0.1, 0.15) is 0 Å². The highest BCUT2D eigenvalue weighted by Crippen LogP contribution is 2.58. The SMILES string of the molecule is NC(=NC1C2CC3CC1CC([N+](=O)[O-])(C3)C2)NC1C2CC3CC1CC([N+](=O)[O-])(C3)C2. The van der Waals surface area contributed by atoms with Crippen molar-refractivity contribution in [2.24, 2.45) is 46.2 Å². The van der Waals surface area contributed by atoms with Gasteiger partial charge >= 0.3 is 0 Å². The molecule has 0 radical (unpaired) electrons. The standard InChI is InChI=1S/C21H31N5O4/c22-19(23-17-13-1-11-2-14(17)8-20(5-11,7-13)25(27)28)24-18-15-3-12-4-16(18)10-21(6-12,9-15)26(29)30/h11-18H,1-10H2,(H3,22,23,24). The van der Waals surface area contributed by atoms with E-state index in [2.05, 4.69) is 5.32 Å². The van der Waals surface area contributed by atoms with Gasteiger partial charge in [-0.2, -0.15) is 0 Å². The molecule has 9 nitrogen and oxygen atoms in total. The topological polar surface area (TPSA) is 137 Å². The Labute approximate surface area is 175 Å². The number of hydrogen-bond acceptors (Lipinski definition) is 5. The van der Waals surface area contributed by atoms with Crippen LogP contribution in [0.25, 0.3) is 0 Å². The third-order valence-electron chi connectivity index (χ3n) is 9.81. The van der Waals surface area contributed by atoms with Gasteiger partial charge in [0.15, 0.2) is 5.96 Å². The molecule has 8 bridgehead atoms. The van der Waals surface area contributed by atoms with E-state index in [0.717, 1.165) is 38.5 Å². The number of aliphatic imine (C=N–C) groups is 1. The molecule has 164 valence electrons. The molecule has 0 aromatic heterocycles. The van der Waals surface area contributed by atoms with Crippen molar-refractivity contribution in [2.75, 3.05) is 0 Å². The molecule has 9 heteroatoms. The van der Waals surface area contributed by atoms with Crippen LogP contribution in [0.4, 0.5) is 0 Å². The minimum Gasteiger partial charge on any atom is -0.370 e. The zero-order chi connectivity index (χ0) is 20.8. The second-order valence-electron chi connectivity index (χ2n) is 11.6. The molecule has 8 rings (SSSR count). The molecule has 0 spiro atoms. The third kappa shape index (κ3) is 2.56. The molecule has 0 saturated heterocycles. The Balaban J connectivity index is 1.18. The highest BCUT2D eigenvalue weighted by atomic mass is 16.6. The zero-order valence-electron chi connectivity index (χ0n) is 17.2. The predicted octanol–water partition coefficient (Wildman–Crippen LogP) is 2.34. The van der Waals surface area contributed by atoms with Gasteiger partial charge in [0.25, 0.3) is 0 Å². The summed E-state index contributed by atoms with van der Waals surface area (Å²) >= 11 is 0. The summed E-state index contributed by atoms with van der Waals surface area (Å²) < 4.78 is 0. The van der Waals surface area contributed by atoms with Crippen LogP contribution in [0.1, 0.15) is 64.2 Å². The van der Waals surface area contributed by atoms with Gasteiger partial charge in [-0.1, -0.05) is 0 Å². The molecule has 8 aliphatic carbocycles. The molecular formula is C21H31N5O4. The minimum absolute atomic E-state index is 0.00826. The van der Waals surface area contributed by atoms with Crippen molar-refractivity contribution in [3.05, 3.63) is 20.2 Å². The van der Waals surface area contributed by atoms with Crippen molar-refractivity contribution in [1.29, 1.82) is 0 Å². The summed E-state index contributed by atoms with van der Waals surface area (Å²) in [6, 6.07) is 0.268. The van der Waals surface area contributed by atoms with Crippen molar-refractivity contribution in [3.63, 3.8) is 0 Å². The monoisotopic (exact) mass is 417 g/mol. The largest absolute Gasteiger partial charge is 0.370 e. The molecule has 3 N–H and O–H groups in total. The number of nitrogens with zero attached hydrogens (tertiary/aromatic N) is 3. The quantitative estimate of drug-likeness (QED) is 0.312. The summed E-state index contributed by atoms with van der Waals surface area (Å²) in [7, 11) is 0. The second kappa shape index (κ2) is 6.07. The number of nitrogens with two attached hydrogens (primary N) is 1. The Bertz CT molecular complexity index is 798. The molecule has 8 aliphatic rings. The number of nitro groups is 2. The lowest BCUT2D eigenvalue weighted by atomic mass is 9.51. The number of hydrogen-bond donors (Lipinski definition) is 2. The molecule has 0 aromatic rings. The number of guanidine groups is 1. The van der Waals surface area contributed by atoms with Crippen LogP contribution in [-0.2, 0) is 0 Å². The molecule has 0 amide bonds. The first-order chi connectivity index (χ1) is 14.3. The molecule has 8 fully saturated rings. The van der Waals surface area contributed by atoms with Gasteiger partial charge < -0.3 is 11.1 Å². The van der Waals surface area contributed by atoms with Crippen molar-refractivity contribution in [2.45, 2.75) is 87.4 Å². The molecule has 8 saturated carbocycles. The van der Waals surface area contributed by atoms with Crippen LogP contribution in [0.5, 0.6) is 0 Å². The van der Waals surface area contributed by atoms with Gasteiger partial charge in [-0.25, -0.2) is 4.99 Å². The van der Waals surface area contributed by atoms with Crippen molar-refractivity contribution >= 4 is 5.96 Å². The number of nitrogens with one attached hydrogen (secondary N) is 1. The summed E-state index contributed by atoms with van der Waals surface area (Å²) in [4.78, 5) is 28.4. The fraction of sp³-hybridized carbons (Fsp3) is 0.952. The summed E-state index contributed by atoms with van der Waals surface area (Å²) in [5.74, 6) is 2.52. The average Bonchev–Trinajstić information content (AvgIpc) is 2.66. The van der Waals surface area contributed by atoms with E-state index in [1.807, 2.05) is 0 Å². The van der Waals surface area contributed by atoms with Crippen LogP contribution < -0.4 is 11.1 Å². The maximum absolute atomic E-state index is 11.7. The average molecular weight is 418 g/mol. The lowest BCUT2D eigenvalue weighted by molar-refractivity contribution is -0.589. The summed E-state index contributed by atoms with van der Waals surface area (Å²) in [6.45, 7) is 0. The highest BCUT2D eigenvalue weighted by molar-refractivity contribution is 5.78. The predicted molar refractivity (Wildman–Crippen MR) is 109 cm³/mol. The van der Waals surface area contributed by atoms with E-state index < -0.39 is 11.1 Å². The fourth-order valence-electron chi connectivity index (χ4n) is 9.20. The third-order valence-corrected chi connectivity index (χ3v) is 9.81. The van der Waals surface area contributed by atoms with E-state index in [-0.39, 0.29) is 33.8 Å². The maximum atomic E-state index is 11.7. The molecule has 0 aromatic carbocycles. The normalized spacial score (nSPS) is 53.1. The Morgan fingerprint density at radius 3 is 1.70 bits per heavy atom. The zero-order valence-corrected chi connectivity index (χ0v) is 17.2. The first kappa shape index (κ1) is 18.8. The number of rotatable bonds is 4. The van der Waals surface area contributed by atoms with Gasteiger partial charge in [-0.05, 0) is 61.2 Å². The van der Waals surface area contributed by atoms with E-state index in [1.54, 1.807) is 0 Å². The lowest BCUT2D eigenvalue weighted by Gasteiger charge is -2.56. The van der Waals surface area contributed by atoms with Gasteiger partial charge in [0.05, 0.1) is 6.04 Å². The van der Waals surface area contributed by atoms with Crippen LogP contribution in [-0.4, -0.2) is 39.0 Å². The van der Waals surface area contributed by atoms with E-state index in [1.165, 1.54) is 0 Å². The molecule has 4 unspecified atom stereocenters. The van der Waals surface area contributed by atoms with Gasteiger partial charge in [0, 0.05) is 54.4 Å². The molecule has 30 heavy (non-hydrogen) atoms. The van der Waals surface area contributed by atoms with Crippen LogP contribution >= 0.6 is 0 Å². The Morgan fingerprint density at radius 2 is 1.23 bits per heavy atom. The summed E-state index contributed by atoms with van der Waals surface area (Å²) in [6.07, 6.45) is 8.24. The smallest absolute Gasteiger partial charge is 0.223 e. The van der Waals surface area contributed by atoms with Gasteiger partial charge in [-0.3, -0.25) is 20.2 Å². The first-order valence-electron chi connectivity index (χ1n) is 11.7. The van der Waals surface area contributed by atoms with E-state index >= 15 is 0 Å². The Hall–Kier alpha value is -1.93. The molecule has 0 aliphatic heterocycles. The fourth-order valence-corrected chi connectivity index (χ4v) is 9.20. The molecular weight excluding hydrogens is 386 g/mol. The van der Waals surface area contributed by atoms with Crippen molar-refractivity contribution < 1.29 is 9.85 Å². The minimum atomic E-state index is -0.719. The first-order valence-corrected chi connectivity index (χ1v) is 11.7. The van der Waals surface area contributed by atoms with E-state index in [0.29, 0.717) is 55.3 Å². The summed E-state index contributed by atoms with van der Waals surface area (Å²) in [5.41, 5.74) is 4.96. The van der Waals surface area contributed by atoms with Gasteiger partial charge in [0.2, 0.25) is 11.1 Å². The Morgan fingerprint density at radius 1 is 0.800 bits per heavy atom.